The lowest BCUT2D eigenvalue weighted by atomic mass is 9.87. The first-order valence-electron chi connectivity index (χ1n) is 7.01. The fourth-order valence-corrected chi connectivity index (χ4v) is 2.80. The van der Waals surface area contributed by atoms with Crippen molar-refractivity contribution in [2.45, 2.75) is 38.6 Å². The van der Waals surface area contributed by atoms with Crippen LogP contribution in [0, 0.1) is 5.92 Å². The molecule has 1 saturated carbocycles. The van der Waals surface area contributed by atoms with Gasteiger partial charge < -0.3 is 11.1 Å². The van der Waals surface area contributed by atoms with Gasteiger partial charge in [-0.1, -0.05) is 19.1 Å². The molecule has 0 unspecified atom stereocenters. The van der Waals surface area contributed by atoms with Gasteiger partial charge in [-0.15, -0.1) is 0 Å². The topological polar surface area (TPSA) is 63.8 Å². The van der Waals surface area contributed by atoms with Gasteiger partial charge in [0, 0.05) is 11.4 Å². The Hall–Kier alpha value is -1.84. The van der Waals surface area contributed by atoms with Crippen LogP contribution >= 0.6 is 0 Å². The number of nitrogens with one attached hydrogen (secondary N) is 1. The van der Waals surface area contributed by atoms with Crippen LogP contribution in [0.5, 0.6) is 0 Å². The quantitative estimate of drug-likeness (QED) is 0.866. The number of benzene rings is 1. The Morgan fingerprint density at radius 2 is 1.84 bits per heavy atom. The molecule has 100 valence electrons. The monoisotopic (exact) mass is 256 g/mol. The molecule has 2 aromatic rings. The van der Waals surface area contributed by atoms with Crippen LogP contribution in [-0.4, -0.2) is 16.0 Å². The first-order valence-corrected chi connectivity index (χ1v) is 7.01. The van der Waals surface area contributed by atoms with Crippen LogP contribution in [0.4, 0.5) is 11.8 Å². The molecule has 1 aliphatic rings. The van der Waals surface area contributed by atoms with Gasteiger partial charge in [-0.25, -0.2) is 4.98 Å². The summed E-state index contributed by atoms with van der Waals surface area (Å²) in [4.78, 5) is 8.64. The Labute approximate surface area is 113 Å². The van der Waals surface area contributed by atoms with E-state index in [4.69, 9.17) is 5.73 Å². The van der Waals surface area contributed by atoms with Gasteiger partial charge in [-0.3, -0.25) is 0 Å². The Bertz CT molecular complexity index is 573. The number of para-hydroxylation sites is 1. The van der Waals surface area contributed by atoms with E-state index in [9.17, 15) is 0 Å². The van der Waals surface area contributed by atoms with Crippen LogP contribution in [0.3, 0.4) is 0 Å². The number of hydrogen-bond donors (Lipinski definition) is 2. The molecule has 1 aliphatic carbocycles. The number of anilines is 2. The van der Waals surface area contributed by atoms with Crippen LogP contribution in [0.1, 0.15) is 32.6 Å². The van der Waals surface area contributed by atoms with Crippen LogP contribution in [0.2, 0.25) is 0 Å². The molecular formula is C15H20N4. The Morgan fingerprint density at radius 1 is 1.11 bits per heavy atom. The zero-order valence-electron chi connectivity index (χ0n) is 11.3. The van der Waals surface area contributed by atoms with Gasteiger partial charge in [0.1, 0.15) is 5.82 Å². The second-order valence-electron chi connectivity index (χ2n) is 5.55. The van der Waals surface area contributed by atoms with E-state index < -0.39 is 0 Å². The molecule has 1 aromatic heterocycles. The minimum absolute atomic E-state index is 0.338. The summed E-state index contributed by atoms with van der Waals surface area (Å²) in [6.07, 6.45) is 4.99. The van der Waals surface area contributed by atoms with Crippen LogP contribution in [0.15, 0.2) is 24.3 Å². The summed E-state index contributed by atoms with van der Waals surface area (Å²) in [7, 11) is 0. The summed E-state index contributed by atoms with van der Waals surface area (Å²) in [5.74, 6) is 2.07. The second-order valence-corrected chi connectivity index (χ2v) is 5.55. The fraction of sp³-hybridized carbons (Fsp3) is 0.467. The van der Waals surface area contributed by atoms with Crippen molar-refractivity contribution in [2.75, 3.05) is 11.1 Å². The predicted octanol–water partition coefficient (Wildman–Crippen LogP) is 3.20. The van der Waals surface area contributed by atoms with E-state index in [1.165, 1.54) is 25.7 Å². The van der Waals surface area contributed by atoms with Crippen LogP contribution in [0.25, 0.3) is 10.9 Å². The third-order valence-electron chi connectivity index (χ3n) is 3.98. The number of nitrogens with two attached hydrogens (primary N) is 1. The average Bonchev–Trinajstić information content (AvgIpc) is 2.41. The zero-order chi connectivity index (χ0) is 13.2. The van der Waals surface area contributed by atoms with Gasteiger partial charge in [-0.05, 0) is 43.7 Å². The Morgan fingerprint density at radius 3 is 2.63 bits per heavy atom. The summed E-state index contributed by atoms with van der Waals surface area (Å²) in [5.41, 5.74) is 6.69. The molecule has 3 rings (SSSR count). The number of aromatic nitrogens is 2. The molecular weight excluding hydrogens is 236 g/mol. The van der Waals surface area contributed by atoms with Gasteiger partial charge in [-0.2, -0.15) is 4.98 Å². The first kappa shape index (κ1) is 12.2. The molecule has 0 atom stereocenters. The Balaban J connectivity index is 1.88. The number of hydrogen-bond acceptors (Lipinski definition) is 4. The summed E-state index contributed by atoms with van der Waals surface area (Å²) < 4.78 is 0. The largest absolute Gasteiger partial charge is 0.368 e. The molecule has 0 saturated heterocycles. The highest BCUT2D eigenvalue weighted by Crippen LogP contribution is 2.28. The third-order valence-corrected chi connectivity index (χ3v) is 3.98. The summed E-state index contributed by atoms with van der Waals surface area (Å²) in [6.45, 7) is 2.33. The van der Waals surface area contributed by atoms with E-state index in [2.05, 4.69) is 22.2 Å². The molecule has 0 spiro atoms. The van der Waals surface area contributed by atoms with Crippen molar-refractivity contribution >= 4 is 22.7 Å². The van der Waals surface area contributed by atoms with Crippen molar-refractivity contribution < 1.29 is 0 Å². The fourth-order valence-electron chi connectivity index (χ4n) is 2.80. The maximum absolute atomic E-state index is 5.79. The van der Waals surface area contributed by atoms with Gasteiger partial charge in [0.2, 0.25) is 5.95 Å². The molecule has 3 N–H and O–H groups in total. The highest BCUT2D eigenvalue weighted by atomic mass is 15.1. The lowest BCUT2D eigenvalue weighted by molar-refractivity contribution is 0.361. The molecule has 1 heterocycles. The minimum Gasteiger partial charge on any atom is -0.368 e. The lowest BCUT2D eigenvalue weighted by Gasteiger charge is -2.27. The van der Waals surface area contributed by atoms with E-state index in [1.54, 1.807) is 0 Å². The van der Waals surface area contributed by atoms with E-state index in [0.29, 0.717) is 12.0 Å². The lowest BCUT2D eigenvalue weighted by Crippen LogP contribution is -2.26. The third kappa shape index (κ3) is 2.62. The van der Waals surface area contributed by atoms with Crippen molar-refractivity contribution in [3.63, 3.8) is 0 Å². The van der Waals surface area contributed by atoms with Crippen LogP contribution < -0.4 is 11.1 Å². The molecule has 0 radical (unpaired) electrons. The van der Waals surface area contributed by atoms with Crippen LogP contribution in [-0.2, 0) is 0 Å². The molecule has 1 aromatic carbocycles. The van der Waals surface area contributed by atoms with Crippen molar-refractivity contribution in [1.29, 1.82) is 0 Å². The minimum atomic E-state index is 0.338. The Kier molecular flexibility index (Phi) is 3.23. The van der Waals surface area contributed by atoms with Gasteiger partial charge in [0.05, 0.1) is 5.52 Å². The number of nitrogen functional groups attached to an aromatic ring is 1. The summed E-state index contributed by atoms with van der Waals surface area (Å²) >= 11 is 0. The molecule has 0 amide bonds. The van der Waals surface area contributed by atoms with Crippen molar-refractivity contribution in [3.8, 4) is 0 Å². The SMILES string of the molecule is CC1CCC(Nc2nc(N)nc3ccccc23)CC1. The smallest absolute Gasteiger partial charge is 0.222 e. The predicted molar refractivity (Wildman–Crippen MR) is 79.0 cm³/mol. The zero-order valence-corrected chi connectivity index (χ0v) is 11.3. The van der Waals surface area contributed by atoms with E-state index >= 15 is 0 Å². The molecule has 1 fully saturated rings. The maximum atomic E-state index is 5.79. The summed E-state index contributed by atoms with van der Waals surface area (Å²) in [5, 5.41) is 4.61. The maximum Gasteiger partial charge on any atom is 0.222 e. The molecule has 4 heteroatoms. The normalized spacial score (nSPS) is 23.4. The van der Waals surface area contributed by atoms with Crippen molar-refractivity contribution in [3.05, 3.63) is 24.3 Å². The average molecular weight is 256 g/mol. The van der Waals surface area contributed by atoms with Gasteiger partial charge >= 0.3 is 0 Å². The summed E-state index contributed by atoms with van der Waals surface area (Å²) in [6, 6.07) is 8.51. The standard InChI is InChI=1S/C15H20N4/c1-10-6-8-11(9-7-10)17-14-12-4-2-3-5-13(12)18-15(16)19-14/h2-5,10-11H,6-9H2,1H3,(H3,16,17,18,19). The number of fused-ring (bicyclic) bond motifs is 1. The van der Waals surface area contributed by atoms with E-state index in [1.807, 2.05) is 24.3 Å². The van der Waals surface area contributed by atoms with Gasteiger partial charge in [0.25, 0.3) is 0 Å². The number of rotatable bonds is 2. The van der Waals surface area contributed by atoms with Crippen molar-refractivity contribution in [1.82, 2.24) is 9.97 Å². The second kappa shape index (κ2) is 5.03. The molecule has 0 aliphatic heterocycles. The van der Waals surface area contributed by atoms with E-state index in [-0.39, 0.29) is 0 Å². The van der Waals surface area contributed by atoms with Gasteiger partial charge in [0.15, 0.2) is 0 Å². The highest BCUT2D eigenvalue weighted by molar-refractivity contribution is 5.89. The molecule has 0 bridgehead atoms. The van der Waals surface area contributed by atoms with E-state index in [0.717, 1.165) is 22.6 Å². The first-order chi connectivity index (χ1) is 9.22. The highest BCUT2D eigenvalue weighted by Gasteiger charge is 2.19. The molecule has 19 heavy (non-hydrogen) atoms. The number of nitrogens with zero attached hydrogens (tertiary/aromatic N) is 2. The molecule has 4 nitrogen and oxygen atoms in total. The van der Waals surface area contributed by atoms with Crippen molar-refractivity contribution in [2.24, 2.45) is 5.92 Å².